The molecule has 1 saturated heterocycles. The Bertz CT molecular complexity index is 204. The normalized spacial score (nSPS) is 16.6. The Morgan fingerprint density at radius 3 is 2.70 bits per heavy atom. The molecule has 1 fully saturated rings. The smallest absolute Gasteiger partial charge is 0.128 e. The second kappa shape index (κ2) is 2.29. The third-order valence-corrected chi connectivity index (χ3v) is 1.83. The van der Waals surface area contributed by atoms with Gasteiger partial charge in [-0.1, -0.05) is 6.07 Å². The molecule has 1 aromatic heterocycles. The number of pyridine rings is 1. The quantitative estimate of drug-likeness (QED) is 0.575. The van der Waals surface area contributed by atoms with Crippen molar-refractivity contribution < 1.29 is 0 Å². The van der Waals surface area contributed by atoms with Gasteiger partial charge in [0.2, 0.25) is 0 Å². The zero-order chi connectivity index (χ0) is 6.81. The standard InChI is InChI=1S/C8H10N2/c1-2-5-9-8(4-1)10-6-3-7-10/h1-2,4-5H,3,6-7H2. The molecule has 1 aliphatic rings. The lowest BCUT2D eigenvalue weighted by Crippen LogP contribution is -2.37. The van der Waals surface area contributed by atoms with Crippen LogP contribution in [0.2, 0.25) is 0 Å². The Labute approximate surface area is 60.5 Å². The van der Waals surface area contributed by atoms with Crippen LogP contribution >= 0.6 is 0 Å². The minimum absolute atomic E-state index is 1.12. The molecule has 0 radical (unpaired) electrons. The Morgan fingerprint density at radius 1 is 1.30 bits per heavy atom. The molecule has 0 spiro atoms. The topological polar surface area (TPSA) is 16.1 Å². The van der Waals surface area contributed by atoms with E-state index in [1.807, 2.05) is 18.3 Å². The molecule has 1 aliphatic heterocycles. The molecule has 10 heavy (non-hydrogen) atoms. The molecule has 0 aromatic carbocycles. The predicted molar refractivity (Wildman–Crippen MR) is 41.1 cm³/mol. The third kappa shape index (κ3) is 0.856. The van der Waals surface area contributed by atoms with E-state index in [9.17, 15) is 0 Å². The first-order valence-corrected chi connectivity index (χ1v) is 3.63. The minimum Gasteiger partial charge on any atom is -0.356 e. The van der Waals surface area contributed by atoms with Crippen LogP contribution in [0.25, 0.3) is 0 Å². The summed E-state index contributed by atoms with van der Waals surface area (Å²) in [7, 11) is 0. The van der Waals surface area contributed by atoms with Gasteiger partial charge in [-0.05, 0) is 18.6 Å². The van der Waals surface area contributed by atoms with E-state index in [0.717, 1.165) is 5.82 Å². The third-order valence-electron chi connectivity index (χ3n) is 1.83. The van der Waals surface area contributed by atoms with Crippen LogP contribution in [-0.4, -0.2) is 18.1 Å². The van der Waals surface area contributed by atoms with Crippen LogP contribution in [0.5, 0.6) is 0 Å². The summed E-state index contributed by atoms with van der Waals surface area (Å²) in [4.78, 5) is 6.50. The first kappa shape index (κ1) is 5.71. The van der Waals surface area contributed by atoms with E-state index < -0.39 is 0 Å². The predicted octanol–water partition coefficient (Wildman–Crippen LogP) is 1.29. The first-order chi connectivity index (χ1) is 4.97. The van der Waals surface area contributed by atoms with E-state index in [0.29, 0.717) is 0 Å². The second-order valence-electron chi connectivity index (χ2n) is 2.53. The summed E-state index contributed by atoms with van der Waals surface area (Å²) in [5, 5.41) is 0. The number of hydrogen-bond donors (Lipinski definition) is 0. The highest BCUT2D eigenvalue weighted by atomic mass is 15.2. The van der Waals surface area contributed by atoms with E-state index >= 15 is 0 Å². The fraction of sp³-hybridized carbons (Fsp3) is 0.375. The molecule has 0 aliphatic carbocycles. The van der Waals surface area contributed by atoms with Gasteiger partial charge in [0.15, 0.2) is 0 Å². The average molecular weight is 134 g/mol. The maximum atomic E-state index is 4.23. The number of rotatable bonds is 1. The van der Waals surface area contributed by atoms with Crippen molar-refractivity contribution in [2.75, 3.05) is 18.0 Å². The van der Waals surface area contributed by atoms with Crippen LogP contribution in [0.4, 0.5) is 5.82 Å². The molecule has 0 saturated carbocycles. The van der Waals surface area contributed by atoms with Crippen molar-refractivity contribution in [1.82, 2.24) is 4.98 Å². The van der Waals surface area contributed by atoms with Gasteiger partial charge in [-0.3, -0.25) is 0 Å². The number of aromatic nitrogens is 1. The SMILES string of the molecule is c1ccc(N2CCC2)nc1. The van der Waals surface area contributed by atoms with Crippen molar-refractivity contribution in [2.45, 2.75) is 6.42 Å². The van der Waals surface area contributed by atoms with Crippen LogP contribution in [0.3, 0.4) is 0 Å². The molecular formula is C8H10N2. The Morgan fingerprint density at radius 2 is 2.20 bits per heavy atom. The maximum Gasteiger partial charge on any atom is 0.128 e. The molecule has 0 amide bonds. The van der Waals surface area contributed by atoms with Gasteiger partial charge in [0, 0.05) is 19.3 Å². The van der Waals surface area contributed by atoms with E-state index in [4.69, 9.17) is 0 Å². The molecule has 0 unspecified atom stereocenters. The van der Waals surface area contributed by atoms with Crippen molar-refractivity contribution in [1.29, 1.82) is 0 Å². The zero-order valence-electron chi connectivity index (χ0n) is 5.83. The summed E-state index contributed by atoms with van der Waals surface area (Å²) < 4.78 is 0. The summed E-state index contributed by atoms with van der Waals surface area (Å²) in [6, 6.07) is 6.03. The van der Waals surface area contributed by atoms with Crippen molar-refractivity contribution in [3.63, 3.8) is 0 Å². The second-order valence-corrected chi connectivity index (χ2v) is 2.53. The van der Waals surface area contributed by atoms with Crippen LogP contribution in [0.1, 0.15) is 6.42 Å². The molecular weight excluding hydrogens is 124 g/mol. The Kier molecular flexibility index (Phi) is 1.31. The van der Waals surface area contributed by atoms with Gasteiger partial charge in [0.25, 0.3) is 0 Å². The molecule has 2 rings (SSSR count). The number of anilines is 1. The van der Waals surface area contributed by atoms with E-state index in [1.54, 1.807) is 0 Å². The molecule has 2 heterocycles. The highest BCUT2D eigenvalue weighted by molar-refractivity contribution is 5.39. The minimum atomic E-state index is 1.12. The molecule has 0 atom stereocenters. The Hall–Kier alpha value is -1.05. The van der Waals surface area contributed by atoms with Gasteiger partial charge < -0.3 is 4.90 Å². The maximum absolute atomic E-state index is 4.23. The zero-order valence-corrected chi connectivity index (χ0v) is 5.83. The molecule has 1 aromatic rings. The largest absolute Gasteiger partial charge is 0.356 e. The van der Waals surface area contributed by atoms with Crippen LogP contribution in [0, 0.1) is 0 Å². The van der Waals surface area contributed by atoms with Gasteiger partial charge in [-0.2, -0.15) is 0 Å². The van der Waals surface area contributed by atoms with Crippen molar-refractivity contribution >= 4 is 5.82 Å². The molecule has 2 heteroatoms. The summed E-state index contributed by atoms with van der Waals surface area (Å²) in [5.41, 5.74) is 0. The summed E-state index contributed by atoms with van der Waals surface area (Å²) >= 11 is 0. The van der Waals surface area contributed by atoms with Crippen LogP contribution < -0.4 is 4.90 Å². The summed E-state index contributed by atoms with van der Waals surface area (Å²) in [6.07, 6.45) is 3.16. The van der Waals surface area contributed by atoms with Gasteiger partial charge in [-0.25, -0.2) is 4.98 Å². The lowest BCUT2D eigenvalue weighted by atomic mass is 10.2. The van der Waals surface area contributed by atoms with Crippen LogP contribution in [0.15, 0.2) is 24.4 Å². The van der Waals surface area contributed by atoms with E-state index in [2.05, 4.69) is 16.0 Å². The highest BCUT2D eigenvalue weighted by Gasteiger charge is 2.13. The highest BCUT2D eigenvalue weighted by Crippen LogP contribution is 2.15. The first-order valence-electron chi connectivity index (χ1n) is 3.63. The summed E-state index contributed by atoms with van der Waals surface area (Å²) in [5.74, 6) is 1.12. The molecule has 0 N–H and O–H groups in total. The fourth-order valence-electron chi connectivity index (χ4n) is 1.09. The van der Waals surface area contributed by atoms with Gasteiger partial charge >= 0.3 is 0 Å². The van der Waals surface area contributed by atoms with Gasteiger partial charge in [0.1, 0.15) is 5.82 Å². The van der Waals surface area contributed by atoms with Crippen molar-refractivity contribution in [2.24, 2.45) is 0 Å². The fourth-order valence-corrected chi connectivity index (χ4v) is 1.09. The van der Waals surface area contributed by atoms with E-state index in [1.165, 1.54) is 19.5 Å². The molecule has 52 valence electrons. The summed E-state index contributed by atoms with van der Waals surface area (Å²) in [6.45, 7) is 2.36. The van der Waals surface area contributed by atoms with Crippen molar-refractivity contribution in [3.05, 3.63) is 24.4 Å². The average Bonchev–Trinajstić information content (AvgIpc) is 1.86. The van der Waals surface area contributed by atoms with Gasteiger partial charge in [-0.15, -0.1) is 0 Å². The number of hydrogen-bond acceptors (Lipinski definition) is 2. The molecule has 0 bridgehead atoms. The lowest BCUT2D eigenvalue weighted by Gasteiger charge is -2.31. The van der Waals surface area contributed by atoms with E-state index in [-0.39, 0.29) is 0 Å². The van der Waals surface area contributed by atoms with Crippen molar-refractivity contribution in [3.8, 4) is 0 Å². The Balaban J connectivity index is 2.18. The number of nitrogens with zero attached hydrogens (tertiary/aromatic N) is 2. The van der Waals surface area contributed by atoms with Gasteiger partial charge in [0.05, 0.1) is 0 Å². The lowest BCUT2D eigenvalue weighted by molar-refractivity contribution is 0.610. The molecule has 2 nitrogen and oxygen atoms in total. The monoisotopic (exact) mass is 134 g/mol. The van der Waals surface area contributed by atoms with Crippen LogP contribution in [-0.2, 0) is 0 Å².